The molecule has 1 aliphatic carbocycles. The topological polar surface area (TPSA) is 86.5 Å². The zero-order chi connectivity index (χ0) is 10.3. The summed E-state index contributed by atoms with van der Waals surface area (Å²) in [6, 6.07) is 0. The van der Waals surface area contributed by atoms with Crippen molar-refractivity contribution in [2.45, 2.75) is 24.1 Å². The van der Waals surface area contributed by atoms with Crippen molar-refractivity contribution in [3.8, 4) is 0 Å². The van der Waals surface area contributed by atoms with Gasteiger partial charge >= 0.3 is 5.97 Å². The minimum atomic E-state index is -3.23. The zero-order valence-corrected chi connectivity index (χ0v) is 8.43. The Bertz CT molecular complexity index is 323. The zero-order valence-electron chi connectivity index (χ0n) is 7.61. The van der Waals surface area contributed by atoms with Gasteiger partial charge in [-0.25, -0.2) is 8.42 Å². The van der Waals surface area contributed by atoms with Crippen LogP contribution in [0.4, 0.5) is 0 Å². The predicted octanol–water partition coefficient (Wildman–Crippen LogP) is -0.936. The highest BCUT2D eigenvalue weighted by molar-refractivity contribution is 7.91. The highest BCUT2D eigenvalue weighted by Crippen LogP contribution is 2.40. The number of rotatable bonds is 3. The van der Waals surface area contributed by atoms with Crippen LogP contribution in [0, 0.1) is 0 Å². The van der Waals surface area contributed by atoms with E-state index in [0.717, 1.165) is 6.26 Å². The van der Waals surface area contributed by atoms with E-state index in [1.165, 1.54) is 0 Å². The molecule has 0 aliphatic heterocycles. The summed E-state index contributed by atoms with van der Waals surface area (Å²) in [5, 5.41) is -0.765. The fourth-order valence-corrected chi connectivity index (χ4v) is 2.70. The van der Waals surface area contributed by atoms with Crippen LogP contribution in [-0.4, -0.2) is 38.0 Å². The number of ether oxygens (including phenoxy) is 1. The Labute approximate surface area is 77.2 Å². The van der Waals surface area contributed by atoms with Gasteiger partial charge in [0.15, 0.2) is 9.84 Å². The van der Waals surface area contributed by atoms with Crippen molar-refractivity contribution < 1.29 is 17.9 Å². The molecule has 1 saturated carbocycles. The molecule has 2 N–H and O–H groups in total. The van der Waals surface area contributed by atoms with Gasteiger partial charge < -0.3 is 10.5 Å². The predicted molar refractivity (Wildman–Crippen MR) is 46.8 cm³/mol. The van der Waals surface area contributed by atoms with Gasteiger partial charge in [-0.2, -0.15) is 0 Å². The molecule has 0 amide bonds. The molecule has 0 bridgehead atoms. The molecule has 5 nitrogen and oxygen atoms in total. The normalized spacial score (nSPS) is 32.7. The molecule has 2 unspecified atom stereocenters. The molecule has 0 saturated heterocycles. The largest absolute Gasteiger partial charge is 0.465 e. The second-order valence-electron chi connectivity index (χ2n) is 3.28. The summed E-state index contributed by atoms with van der Waals surface area (Å²) in [7, 11) is -3.23. The first kappa shape index (κ1) is 10.5. The highest BCUT2D eigenvalue weighted by atomic mass is 32.2. The molecule has 0 radical (unpaired) electrons. The van der Waals surface area contributed by atoms with Crippen LogP contribution in [0.3, 0.4) is 0 Å². The van der Waals surface area contributed by atoms with Crippen LogP contribution in [-0.2, 0) is 19.4 Å². The summed E-state index contributed by atoms with van der Waals surface area (Å²) in [6.07, 6.45) is 1.25. The van der Waals surface area contributed by atoms with E-state index in [1.807, 2.05) is 0 Å². The molecule has 0 aromatic heterocycles. The van der Waals surface area contributed by atoms with E-state index in [9.17, 15) is 13.2 Å². The number of carbonyl (C=O) groups excluding carboxylic acids is 1. The molecule has 6 heteroatoms. The van der Waals surface area contributed by atoms with Crippen molar-refractivity contribution in [2.75, 3.05) is 12.9 Å². The molecule has 0 heterocycles. The lowest BCUT2D eigenvalue weighted by Crippen LogP contribution is -2.40. The summed E-state index contributed by atoms with van der Waals surface area (Å²) < 4.78 is 26.7. The van der Waals surface area contributed by atoms with Crippen LogP contribution in [0.2, 0.25) is 0 Å². The molecular formula is C7H13NO4S. The Balaban J connectivity index is 2.70. The molecule has 0 aromatic rings. The van der Waals surface area contributed by atoms with Crippen LogP contribution in [0.5, 0.6) is 0 Å². The first-order chi connectivity index (χ1) is 5.82. The third kappa shape index (κ3) is 1.83. The van der Waals surface area contributed by atoms with Gasteiger partial charge in [0, 0.05) is 6.26 Å². The summed E-state index contributed by atoms with van der Waals surface area (Å²) >= 11 is 0. The van der Waals surface area contributed by atoms with Gasteiger partial charge in [-0.15, -0.1) is 0 Å². The smallest absolute Gasteiger partial charge is 0.327 e. The average Bonchev–Trinajstić information content (AvgIpc) is 2.63. The van der Waals surface area contributed by atoms with Crippen molar-refractivity contribution in [3.63, 3.8) is 0 Å². The second-order valence-corrected chi connectivity index (χ2v) is 5.51. The standard InChI is InChI=1S/C7H13NO4S/c1-3-12-6(9)7(8)4-5(7)13(2,10)11/h5H,3-4,8H2,1-2H3. The number of sulfone groups is 1. The Morgan fingerprint density at radius 2 is 2.23 bits per heavy atom. The summed E-state index contributed by atoms with van der Waals surface area (Å²) in [4.78, 5) is 11.2. The van der Waals surface area contributed by atoms with Gasteiger partial charge in [0.2, 0.25) is 0 Å². The second kappa shape index (κ2) is 2.95. The van der Waals surface area contributed by atoms with Crippen molar-refractivity contribution >= 4 is 15.8 Å². The van der Waals surface area contributed by atoms with E-state index in [1.54, 1.807) is 6.92 Å². The minimum Gasteiger partial charge on any atom is -0.465 e. The van der Waals surface area contributed by atoms with Crippen molar-refractivity contribution in [3.05, 3.63) is 0 Å². The summed E-state index contributed by atoms with van der Waals surface area (Å²) in [5.74, 6) is -0.620. The molecule has 1 aliphatic rings. The van der Waals surface area contributed by atoms with Crippen molar-refractivity contribution in [1.82, 2.24) is 0 Å². The maximum Gasteiger partial charge on any atom is 0.327 e. The Morgan fingerprint density at radius 1 is 1.69 bits per heavy atom. The first-order valence-corrected chi connectivity index (χ1v) is 5.93. The molecule has 0 aromatic carbocycles. The van der Waals surface area contributed by atoms with Crippen LogP contribution in [0.25, 0.3) is 0 Å². The van der Waals surface area contributed by atoms with Crippen molar-refractivity contribution in [1.29, 1.82) is 0 Å². The third-order valence-corrected chi connectivity index (χ3v) is 3.73. The number of esters is 1. The van der Waals surface area contributed by atoms with Gasteiger partial charge in [0.25, 0.3) is 0 Å². The van der Waals surface area contributed by atoms with Gasteiger partial charge in [-0.05, 0) is 13.3 Å². The van der Waals surface area contributed by atoms with Crippen LogP contribution < -0.4 is 5.73 Å². The molecule has 13 heavy (non-hydrogen) atoms. The maximum atomic E-state index is 11.2. The van der Waals surface area contributed by atoms with Gasteiger partial charge in [-0.1, -0.05) is 0 Å². The third-order valence-electron chi connectivity index (χ3n) is 2.11. The Kier molecular flexibility index (Phi) is 2.38. The molecule has 1 fully saturated rings. The molecule has 0 spiro atoms. The number of hydrogen-bond acceptors (Lipinski definition) is 5. The van der Waals surface area contributed by atoms with Crippen LogP contribution in [0.1, 0.15) is 13.3 Å². The van der Waals surface area contributed by atoms with Crippen molar-refractivity contribution in [2.24, 2.45) is 5.73 Å². The summed E-state index contributed by atoms with van der Waals surface area (Å²) in [6.45, 7) is 1.87. The lowest BCUT2D eigenvalue weighted by Gasteiger charge is -2.08. The van der Waals surface area contributed by atoms with E-state index >= 15 is 0 Å². The highest BCUT2D eigenvalue weighted by Gasteiger charge is 2.63. The van der Waals surface area contributed by atoms with Crippen LogP contribution in [0.15, 0.2) is 0 Å². The Morgan fingerprint density at radius 3 is 2.54 bits per heavy atom. The first-order valence-electron chi connectivity index (χ1n) is 3.97. The molecular weight excluding hydrogens is 194 g/mol. The number of hydrogen-bond donors (Lipinski definition) is 1. The fourth-order valence-electron chi connectivity index (χ4n) is 1.26. The van der Waals surface area contributed by atoms with E-state index in [2.05, 4.69) is 4.74 Å². The lowest BCUT2D eigenvalue weighted by molar-refractivity contribution is -0.145. The molecule has 1 rings (SSSR count). The Hall–Kier alpha value is -0.620. The minimum absolute atomic E-state index is 0.171. The molecule has 76 valence electrons. The average molecular weight is 207 g/mol. The van der Waals surface area contributed by atoms with Crippen LogP contribution >= 0.6 is 0 Å². The van der Waals surface area contributed by atoms with Gasteiger partial charge in [-0.3, -0.25) is 4.79 Å². The van der Waals surface area contributed by atoms with E-state index in [-0.39, 0.29) is 13.0 Å². The quantitative estimate of drug-likeness (QED) is 0.604. The summed E-state index contributed by atoms with van der Waals surface area (Å²) in [5.41, 5.74) is 4.26. The maximum absolute atomic E-state index is 11.2. The molecule has 2 atom stereocenters. The van der Waals surface area contributed by atoms with E-state index in [4.69, 9.17) is 5.73 Å². The van der Waals surface area contributed by atoms with E-state index in [0.29, 0.717) is 0 Å². The van der Waals surface area contributed by atoms with Gasteiger partial charge in [0.1, 0.15) is 5.54 Å². The SMILES string of the molecule is CCOC(=O)C1(N)CC1S(C)(=O)=O. The number of carbonyl (C=O) groups is 1. The van der Waals surface area contributed by atoms with Gasteiger partial charge in [0.05, 0.1) is 11.9 Å². The monoisotopic (exact) mass is 207 g/mol. The van der Waals surface area contributed by atoms with E-state index < -0.39 is 26.6 Å². The lowest BCUT2D eigenvalue weighted by atomic mass is 10.3. The number of nitrogens with two attached hydrogens (primary N) is 1. The fraction of sp³-hybridized carbons (Fsp3) is 0.857.